The van der Waals surface area contributed by atoms with Gasteiger partial charge in [-0.15, -0.1) is 0 Å². The predicted molar refractivity (Wildman–Crippen MR) is 65.1 cm³/mol. The summed E-state index contributed by atoms with van der Waals surface area (Å²) < 4.78 is 0.771. The van der Waals surface area contributed by atoms with Crippen LogP contribution in [0.5, 0.6) is 0 Å². The lowest BCUT2D eigenvalue weighted by molar-refractivity contribution is -0.118. The fourth-order valence-corrected chi connectivity index (χ4v) is 1.56. The highest BCUT2D eigenvalue weighted by molar-refractivity contribution is 9.11. The molecule has 4 heteroatoms. The minimum atomic E-state index is -0.402. The van der Waals surface area contributed by atoms with E-state index < -0.39 is 5.91 Å². The van der Waals surface area contributed by atoms with Crippen LogP contribution in [0.4, 0.5) is 0 Å². The summed E-state index contributed by atoms with van der Waals surface area (Å²) in [5.41, 5.74) is 11.8. The molecule has 1 aromatic carbocycles. The van der Waals surface area contributed by atoms with Crippen LogP contribution < -0.4 is 11.5 Å². The molecule has 4 N–H and O–H groups in total. The maximum Gasteiger partial charge on any atom is 0.219 e. The van der Waals surface area contributed by atoms with Gasteiger partial charge in [-0.2, -0.15) is 0 Å². The van der Waals surface area contributed by atoms with Crippen LogP contribution in [-0.2, 0) is 4.79 Å². The first-order valence-corrected chi connectivity index (χ1v) is 5.35. The van der Waals surface area contributed by atoms with Crippen molar-refractivity contribution in [2.45, 2.75) is 12.5 Å². The molecule has 0 saturated carbocycles. The van der Waals surface area contributed by atoms with Crippen LogP contribution in [0, 0.1) is 0 Å². The van der Waals surface area contributed by atoms with Gasteiger partial charge in [-0.25, -0.2) is 0 Å². The number of nitrogens with two attached hydrogens (primary N) is 2. The second-order valence-electron chi connectivity index (χ2n) is 3.22. The quantitative estimate of drug-likeness (QED) is 0.872. The van der Waals surface area contributed by atoms with Gasteiger partial charge in [-0.05, 0) is 11.6 Å². The van der Waals surface area contributed by atoms with E-state index in [0.29, 0.717) is 0 Å². The van der Waals surface area contributed by atoms with Crippen LogP contribution >= 0.6 is 15.9 Å². The molecule has 0 saturated heterocycles. The lowest BCUT2D eigenvalue weighted by Crippen LogP contribution is -2.27. The van der Waals surface area contributed by atoms with Crippen molar-refractivity contribution >= 4 is 27.9 Å². The maximum atomic E-state index is 10.7. The molecule has 1 atom stereocenters. The molecule has 80 valence electrons. The number of halogens is 1. The van der Waals surface area contributed by atoms with Crippen LogP contribution in [0.2, 0.25) is 0 Å². The number of carbonyl (C=O) groups excluding carboxylic acids is 1. The first kappa shape index (κ1) is 11.9. The Kier molecular flexibility index (Phi) is 4.52. The molecule has 1 aromatic rings. The maximum absolute atomic E-state index is 10.7. The van der Waals surface area contributed by atoms with Gasteiger partial charge in [0.1, 0.15) is 0 Å². The fraction of sp³-hybridized carbons (Fsp3) is 0.182. The third kappa shape index (κ3) is 4.27. The van der Waals surface area contributed by atoms with Gasteiger partial charge in [0, 0.05) is 16.9 Å². The Morgan fingerprint density at radius 2 is 2.00 bits per heavy atom. The monoisotopic (exact) mass is 268 g/mol. The number of primary amides is 1. The molecule has 0 aliphatic rings. The molecular formula is C11H13BrN2O. The smallest absolute Gasteiger partial charge is 0.219 e. The van der Waals surface area contributed by atoms with Gasteiger partial charge in [-0.3, -0.25) is 4.79 Å². The molecule has 0 fully saturated rings. The fourth-order valence-electron chi connectivity index (χ4n) is 1.13. The highest BCUT2D eigenvalue weighted by atomic mass is 79.9. The molecule has 0 bridgehead atoms. The minimum Gasteiger partial charge on any atom is -0.370 e. The van der Waals surface area contributed by atoms with Crippen molar-refractivity contribution in [1.82, 2.24) is 0 Å². The summed E-state index contributed by atoms with van der Waals surface area (Å²) in [4.78, 5) is 10.7. The summed E-state index contributed by atoms with van der Waals surface area (Å²) >= 11 is 3.34. The Labute approximate surface area is 97.3 Å². The van der Waals surface area contributed by atoms with Gasteiger partial charge in [0.25, 0.3) is 0 Å². The molecule has 1 amide bonds. The molecule has 0 aromatic heterocycles. The van der Waals surface area contributed by atoms with E-state index in [1.54, 1.807) is 0 Å². The molecule has 0 radical (unpaired) electrons. The summed E-state index contributed by atoms with van der Waals surface area (Å²) in [6, 6.07) is 9.35. The standard InChI is InChI=1S/C11H13BrN2O/c12-9(10(13)7-11(14)15)6-8-4-2-1-3-5-8/h1-6,10H,7,13H2,(H2,14,15)/b9-6-. The Morgan fingerprint density at radius 1 is 1.40 bits per heavy atom. The zero-order chi connectivity index (χ0) is 11.3. The summed E-state index contributed by atoms with van der Waals surface area (Å²) in [5, 5.41) is 0. The average molecular weight is 269 g/mol. The molecule has 15 heavy (non-hydrogen) atoms. The number of carbonyl (C=O) groups is 1. The van der Waals surface area contributed by atoms with Gasteiger partial charge in [-0.1, -0.05) is 46.3 Å². The van der Waals surface area contributed by atoms with Gasteiger partial charge in [0.2, 0.25) is 5.91 Å². The number of hydrogen-bond acceptors (Lipinski definition) is 2. The van der Waals surface area contributed by atoms with Crippen LogP contribution in [0.3, 0.4) is 0 Å². The Morgan fingerprint density at radius 3 is 2.53 bits per heavy atom. The second-order valence-corrected chi connectivity index (χ2v) is 4.13. The highest BCUT2D eigenvalue weighted by Crippen LogP contribution is 2.16. The summed E-state index contributed by atoms with van der Waals surface area (Å²) in [7, 11) is 0. The van der Waals surface area contributed by atoms with Crippen LogP contribution in [-0.4, -0.2) is 11.9 Å². The Bertz CT molecular complexity index is 362. The number of rotatable bonds is 4. The van der Waals surface area contributed by atoms with Gasteiger partial charge in [0.05, 0.1) is 0 Å². The molecular weight excluding hydrogens is 256 g/mol. The van der Waals surface area contributed by atoms with Crippen molar-refractivity contribution in [2.75, 3.05) is 0 Å². The first-order valence-electron chi connectivity index (χ1n) is 4.55. The third-order valence-corrected chi connectivity index (χ3v) is 2.70. The SMILES string of the molecule is NC(=O)CC(N)/C(Br)=C/c1ccccc1. The molecule has 3 nitrogen and oxygen atoms in total. The van der Waals surface area contributed by atoms with Crippen molar-refractivity contribution in [3.8, 4) is 0 Å². The molecule has 0 aliphatic heterocycles. The van der Waals surface area contributed by atoms with Crippen LogP contribution in [0.15, 0.2) is 34.8 Å². The zero-order valence-corrected chi connectivity index (χ0v) is 9.78. The molecule has 0 spiro atoms. The first-order chi connectivity index (χ1) is 7.09. The van der Waals surface area contributed by atoms with Gasteiger partial charge >= 0.3 is 0 Å². The van der Waals surface area contributed by atoms with Gasteiger partial charge in [0.15, 0.2) is 0 Å². The van der Waals surface area contributed by atoms with Crippen LogP contribution in [0.1, 0.15) is 12.0 Å². The van der Waals surface area contributed by atoms with E-state index in [9.17, 15) is 4.79 Å². The number of benzene rings is 1. The lowest BCUT2D eigenvalue weighted by atomic mass is 10.1. The van der Waals surface area contributed by atoms with Crippen molar-refractivity contribution in [1.29, 1.82) is 0 Å². The van der Waals surface area contributed by atoms with E-state index in [-0.39, 0.29) is 12.5 Å². The topological polar surface area (TPSA) is 69.1 Å². The number of hydrogen-bond donors (Lipinski definition) is 2. The summed E-state index contributed by atoms with van der Waals surface area (Å²) in [6.07, 6.45) is 2.03. The van der Waals surface area contributed by atoms with E-state index >= 15 is 0 Å². The summed E-state index contributed by atoms with van der Waals surface area (Å²) in [6.45, 7) is 0. The molecule has 1 rings (SSSR count). The molecule has 0 aliphatic carbocycles. The second kappa shape index (κ2) is 5.68. The van der Waals surface area contributed by atoms with Crippen molar-refractivity contribution in [3.05, 3.63) is 40.4 Å². The largest absolute Gasteiger partial charge is 0.370 e. The van der Waals surface area contributed by atoms with E-state index in [1.807, 2.05) is 36.4 Å². The van der Waals surface area contributed by atoms with E-state index in [4.69, 9.17) is 11.5 Å². The predicted octanol–water partition coefficient (Wildman–Crippen LogP) is 1.63. The third-order valence-electron chi connectivity index (χ3n) is 1.88. The van der Waals surface area contributed by atoms with E-state index in [0.717, 1.165) is 10.0 Å². The van der Waals surface area contributed by atoms with E-state index in [1.165, 1.54) is 0 Å². The normalized spacial score (nSPS) is 13.6. The van der Waals surface area contributed by atoms with Crippen molar-refractivity contribution in [2.24, 2.45) is 11.5 Å². The molecule has 0 heterocycles. The lowest BCUT2D eigenvalue weighted by Gasteiger charge is -2.08. The summed E-state index contributed by atoms with van der Waals surface area (Å²) in [5.74, 6) is -0.402. The van der Waals surface area contributed by atoms with Crippen LogP contribution in [0.25, 0.3) is 6.08 Å². The van der Waals surface area contributed by atoms with Crippen molar-refractivity contribution < 1.29 is 4.79 Å². The average Bonchev–Trinajstić information content (AvgIpc) is 2.18. The number of amides is 1. The highest BCUT2D eigenvalue weighted by Gasteiger charge is 2.09. The van der Waals surface area contributed by atoms with Crippen molar-refractivity contribution in [3.63, 3.8) is 0 Å². The minimum absolute atomic E-state index is 0.143. The Hall–Kier alpha value is -1.13. The Balaban J connectivity index is 2.71. The zero-order valence-electron chi connectivity index (χ0n) is 8.19. The van der Waals surface area contributed by atoms with Gasteiger partial charge < -0.3 is 11.5 Å². The van der Waals surface area contributed by atoms with E-state index in [2.05, 4.69) is 15.9 Å². The molecule has 1 unspecified atom stereocenters.